The van der Waals surface area contributed by atoms with Crippen LogP contribution in [0.5, 0.6) is 0 Å². The topological polar surface area (TPSA) is 97.2 Å². The summed E-state index contributed by atoms with van der Waals surface area (Å²) < 4.78 is 28.4. The zero-order chi connectivity index (χ0) is 27.4. The molecule has 2 aliphatic rings. The standard InChI is InChI=1S/C28H36ClN5O3S/c1-17(2)33-10-8-28(9-11-33)14-22(15-28)38(36,37)21-6-7-24(19(5)12-21)31-27-30-16-20-13-23(29)26(35)34(18(3)4)25(20)32-27/h6-7,12-13,16-18,22H,8-11,14-15H2,1-5H3,(H,30,31,32). The van der Waals surface area contributed by atoms with Gasteiger partial charge in [-0.05, 0) is 109 Å². The predicted octanol–water partition coefficient (Wildman–Crippen LogP) is 5.50. The molecular weight excluding hydrogens is 522 g/mol. The lowest BCUT2D eigenvalue weighted by Gasteiger charge is -2.52. The van der Waals surface area contributed by atoms with Gasteiger partial charge in [-0.25, -0.2) is 13.4 Å². The fraction of sp³-hybridized carbons (Fsp3) is 0.536. The van der Waals surface area contributed by atoms with Gasteiger partial charge in [0.15, 0.2) is 9.84 Å². The highest BCUT2D eigenvalue weighted by Gasteiger charge is 2.51. The van der Waals surface area contributed by atoms with Crippen LogP contribution < -0.4 is 10.9 Å². The van der Waals surface area contributed by atoms with Crippen molar-refractivity contribution < 1.29 is 8.42 Å². The Morgan fingerprint density at radius 2 is 1.76 bits per heavy atom. The minimum Gasteiger partial charge on any atom is -0.324 e. The first-order chi connectivity index (χ1) is 17.9. The number of halogens is 1. The highest BCUT2D eigenvalue weighted by atomic mass is 35.5. The van der Waals surface area contributed by atoms with Crippen molar-refractivity contribution in [3.05, 3.63) is 51.4 Å². The van der Waals surface area contributed by atoms with E-state index in [4.69, 9.17) is 11.6 Å². The second-order valence-corrected chi connectivity index (χ2v) is 14.2. The van der Waals surface area contributed by atoms with Gasteiger partial charge in [0.1, 0.15) is 10.7 Å². The van der Waals surface area contributed by atoms with E-state index >= 15 is 0 Å². The quantitative estimate of drug-likeness (QED) is 0.427. The summed E-state index contributed by atoms with van der Waals surface area (Å²) >= 11 is 6.12. The number of likely N-dealkylation sites (tertiary alicyclic amines) is 1. The Labute approximate surface area is 229 Å². The first-order valence-electron chi connectivity index (χ1n) is 13.3. The van der Waals surface area contributed by atoms with Crippen LogP contribution in [-0.2, 0) is 9.84 Å². The zero-order valence-corrected chi connectivity index (χ0v) is 24.2. The second kappa shape index (κ2) is 9.92. The van der Waals surface area contributed by atoms with Gasteiger partial charge in [0.05, 0.1) is 10.1 Å². The Hall–Kier alpha value is -2.49. The summed E-state index contributed by atoms with van der Waals surface area (Å²) in [5.74, 6) is 0.320. The molecule has 0 atom stereocenters. The predicted molar refractivity (Wildman–Crippen MR) is 152 cm³/mol. The minimum atomic E-state index is -3.40. The van der Waals surface area contributed by atoms with Crippen molar-refractivity contribution in [2.24, 2.45) is 5.41 Å². The van der Waals surface area contributed by atoms with Crippen LogP contribution in [0.15, 0.2) is 40.2 Å². The summed E-state index contributed by atoms with van der Waals surface area (Å²) in [5, 5.41) is 3.67. The summed E-state index contributed by atoms with van der Waals surface area (Å²) in [6, 6.07) is 7.15. The van der Waals surface area contributed by atoms with Gasteiger partial charge < -0.3 is 10.2 Å². The number of hydrogen-bond donors (Lipinski definition) is 1. The van der Waals surface area contributed by atoms with Gasteiger partial charge in [-0.3, -0.25) is 9.36 Å². The second-order valence-electron chi connectivity index (χ2n) is 11.5. The van der Waals surface area contributed by atoms with E-state index in [0.717, 1.165) is 44.3 Å². The highest BCUT2D eigenvalue weighted by molar-refractivity contribution is 7.92. The maximum atomic E-state index is 13.4. The fourth-order valence-corrected chi connectivity index (χ4v) is 8.28. The van der Waals surface area contributed by atoms with Crippen LogP contribution in [0.4, 0.5) is 11.6 Å². The number of benzene rings is 1. The summed E-state index contributed by atoms with van der Waals surface area (Å²) in [4.78, 5) is 24.4. The van der Waals surface area contributed by atoms with Crippen molar-refractivity contribution in [3.63, 3.8) is 0 Å². The van der Waals surface area contributed by atoms with E-state index < -0.39 is 9.84 Å². The summed E-state index contributed by atoms with van der Waals surface area (Å²) in [6.07, 6.45) is 5.31. The number of nitrogens with one attached hydrogen (secondary N) is 1. The van der Waals surface area contributed by atoms with E-state index in [1.54, 1.807) is 35.0 Å². The number of piperidine rings is 1. The molecule has 1 aliphatic carbocycles. The van der Waals surface area contributed by atoms with Crippen molar-refractivity contribution in [1.29, 1.82) is 0 Å². The van der Waals surface area contributed by atoms with Gasteiger partial charge >= 0.3 is 0 Å². The first kappa shape index (κ1) is 27.1. The van der Waals surface area contributed by atoms with E-state index in [9.17, 15) is 13.2 Å². The molecular formula is C28H36ClN5O3S. The molecule has 1 saturated carbocycles. The van der Waals surface area contributed by atoms with Crippen LogP contribution >= 0.6 is 11.6 Å². The van der Waals surface area contributed by atoms with Gasteiger partial charge in [0.25, 0.3) is 5.56 Å². The lowest BCUT2D eigenvalue weighted by Crippen LogP contribution is -2.52. The number of rotatable bonds is 6. The summed E-state index contributed by atoms with van der Waals surface area (Å²) in [5.41, 5.74) is 1.87. The molecule has 1 N–H and O–H groups in total. The molecule has 5 rings (SSSR count). The van der Waals surface area contributed by atoms with E-state index in [2.05, 4.69) is 34.0 Å². The van der Waals surface area contributed by atoms with Crippen molar-refractivity contribution in [3.8, 4) is 0 Å². The van der Waals surface area contributed by atoms with E-state index in [1.807, 2.05) is 20.8 Å². The average Bonchev–Trinajstić information content (AvgIpc) is 2.84. The monoisotopic (exact) mass is 557 g/mol. The van der Waals surface area contributed by atoms with Gasteiger partial charge in [-0.2, -0.15) is 4.98 Å². The Kier molecular flexibility index (Phi) is 7.07. The third-order valence-corrected chi connectivity index (χ3v) is 10.8. The van der Waals surface area contributed by atoms with Gasteiger partial charge in [-0.1, -0.05) is 11.6 Å². The minimum absolute atomic E-state index is 0.126. The van der Waals surface area contributed by atoms with Crippen LogP contribution in [0.1, 0.15) is 65.0 Å². The van der Waals surface area contributed by atoms with Crippen LogP contribution in [0.2, 0.25) is 5.02 Å². The molecule has 10 heteroatoms. The number of hydrogen-bond acceptors (Lipinski definition) is 7. The van der Waals surface area contributed by atoms with Crippen molar-refractivity contribution >= 4 is 44.1 Å². The highest BCUT2D eigenvalue weighted by Crippen LogP contribution is 2.53. The average molecular weight is 558 g/mol. The Morgan fingerprint density at radius 1 is 1.08 bits per heavy atom. The molecule has 0 unspecified atom stereocenters. The third-order valence-electron chi connectivity index (χ3n) is 8.37. The SMILES string of the molecule is Cc1cc(S(=O)(=O)C2CC3(CCN(C(C)C)CC3)C2)ccc1Nc1ncc2cc(Cl)c(=O)n(C(C)C)c2n1. The molecule has 38 heavy (non-hydrogen) atoms. The lowest BCUT2D eigenvalue weighted by molar-refractivity contribution is 0.0246. The van der Waals surface area contributed by atoms with E-state index in [1.165, 1.54) is 0 Å². The molecule has 3 aromatic rings. The molecule has 1 saturated heterocycles. The number of fused-ring (bicyclic) bond motifs is 1. The fourth-order valence-electron chi connectivity index (χ4n) is 5.94. The third kappa shape index (κ3) is 4.84. The number of nitrogens with zero attached hydrogens (tertiary/aromatic N) is 4. The van der Waals surface area contributed by atoms with Crippen LogP contribution in [-0.4, -0.2) is 52.2 Å². The van der Waals surface area contributed by atoms with Crippen molar-refractivity contribution in [1.82, 2.24) is 19.4 Å². The molecule has 0 radical (unpaired) electrons. The van der Waals surface area contributed by atoms with Crippen LogP contribution in [0, 0.1) is 12.3 Å². The molecule has 3 heterocycles. The molecule has 0 bridgehead atoms. The van der Waals surface area contributed by atoms with Crippen molar-refractivity contribution in [2.75, 3.05) is 18.4 Å². The van der Waals surface area contributed by atoms with Crippen molar-refractivity contribution in [2.45, 2.75) is 82.5 Å². The number of anilines is 2. The van der Waals surface area contributed by atoms with Gasteiger partial charge in [0, 0.05) is 29.4 Å². The molecule has 1 aromatic carbocycles. The van der Waals surface area contributed by atoms with Gasteiger partial charge in [-0.15, -0.1) is 0 Å². The van der Waals surface area contributed by atoms with E-state index in [-0.39, 0.29) is 27.3 Å². The Morgan fingerprint density at radius 3 is 2.37 bits per heavy atom. The number of pyridine rings is 1. The smallest absolute Gasteiger partial charge is 0.271 e. The molecule has 1 aliphatic heterocycles. The lowest BCUT2D eigenvalue weighted by atomic mass is 9.63. The largest absolute Gasteiger partial charge is 0.324 e. The summed E-state index contributed by atoms with van der Waals surface area (Å²) in [6.45, 7) is 12.2. The first-order valence-corrected chi connectivity index (χ1v) is 15.3. The molecule has 204 valence electrons. The number of aryl methyl sites for hydroxylation is 1. The Balaban J connectivity index is 1.33. The zero-order valence-electron chi connectivity index (χ0n) is 22.7. The van der Waals surface area contributed by atoms with Gasteiger partial charge in [0.2, 0.25) is 5.95 Å². The normalized spacial score (nSPS) is 18.4. The number of aromatic nitrogens is 3. The van der Waals surface area contributed by atoms with E-state index in [0.29, 0.717) is 33.6 Å². The molecule has 2 aromatic heterocycles. The molecule has 8 nitrogen and oxygen atoms in total. The molecule has 1 spiro atoms. The molecule has 2 fully saturated rings. The molecule has 0 amide bonds. The Bertz CT molecular complexity index is 1530. The van der Waals surface area contributed by atoms with Crippen LogP contribution in [0.25, 0.3) is 11.0 Å². The maximum Gasteiger partial charge on any atom is 0.271 e. The van der Waals surface area contributed by atoms with Crippen LogP contribution in [0.3, 0.4) is 0 Å². The maximum absolute atomic E-state index is 13.4. The summed E-state index contributed by atoms with van der Waals surface area (Å²) in [7, 11) is -3.40. The number of sulfone groups is 1.